The zero-order valence-electron chi connectivity index (χ0n) is 15.7. The topological polar surface area (TPSA) is 58.6 Å². The summed E-state index contributed by atoms with van der Waals surface area (Å²) >= 11 is 0. The molecule has 5 nitrogen and oxygen atoms in total. The first kappa shape index (κ1) is 19.0. The van der Waals surface area contributed by atoms with E-state index in [0.717, 1.165) is 31.5 Å². The highest BCUT2D eigenvalue weighted by Crippen LogP contribution is 2.21. The third kappa shape index (κ3) is 5.09. The van der Waals surface area contributed by atoms with Gasteiger partial charge >= 0.3 is 0 Å². The molecule has 1 heterocycles. The summed E-state index contributed by atoms with van der Waals surface area (Å²) in [5.74, 6) is 0.196. The number of hydrogen-bond donors (Lipinski definition) is 1. The molecular weight excluding hydrogens is 340 g/mol. The molecule has 1 aliphatic heterocycles. The molecule has 0 aromatic heterocycles. The third-order valence-electron chi connectivity index (χ3n) is 4.75. The van der Waals surface area contributed by atoms with Gasteiger partial charge in [0.15, 0.2) is 6.10 Å². The van der Waals surface area contributed by atoms with Crippen molar-refractivity contribution in [2.75, 3.05) is 13.1 Å². The highest BCUT2D eigenvalue weighted by atomic mass is 16.5. The average Bonchev–Trinajstić information content (AvgIpc) is 2.73. The highest BCUT2D eigenvalue weighted by Gasteiger charge is 2.24. The van der Waals surface area contributed by atoms with Crippen molar-refractivity contribution in [3.63, 3.8) is 0 Å². The van der Waals surface area contributed by atoms with Gasteiger partial charge in [0.1, 0.15) is 5.75 Å². The number of carbonyl (C=O) groups is 2. The molecule has 27 heavy (non-hydrogen) atoms. The Bertz CT molecular complexity index is 770. The van der Waals surface area contributed by atoms with Gasteiger partial charge in [-0.3, -0.25) is 9.59 Å². The van der Waals surface area contributed by atoms with Crippen LogP contribution in [-0.2, 0) is 11.3 Å². The number of carbonyl (C=O) groups excluding carboxylic acids is 2. The second-order valence-electron chi connectivity index (χ2n) is 6.81. The molecule has 0 aliphatic carbocycles. The molecule has 0 bridgehead atoms. The summed E-state index contributed by atoms with van der Waals surface area (Å²) in [7, 11) is 0. The first-order valence-electron chi connectivity index (χ1n) is 9.52. The van der Waals surface area contributed by atoms with Crippen LogP contribution in [-0.4, -0.2) is 35.9 Å². The fourth-order valence-electron chi connectivity index (χ4n) is 3.24. The van der Waals surface area contributed by atoms with Crippen molar-refractivity contribution < 1.29 is 14.3 Å². The standard InChI is InChI=1S/C22H26N2O3/c1-17(22(26)24-14-8-3-9-15-24)27-20-13-7-6-12-19(20)21(25)23-16-18-10-4-2-5-11-18/h2,4-7,10-13,17H,3,8-9,14-16H2,1H3,(H,23,25). The van der Waals surface area contributed by atoms with Crippen LogP contribution in [0.4, 0.5) is 0 Å². The molecule has 0 saturated carbocycles. The van der Waals surface area contributed by atoms with Crippen LogP contribution in [0.3, 0.4) is 0 Å². The van der Waals surface area contributed by atoms with Crippen LogP contribution < -0.4 is 10.1 Å². The number of benzene rings is 2. The highest BCUT2D eigenvalue weighted by molar-refractivity contribution is 5.97. The number of hydrogen-bond acceptors (Lipinski definition) is 3. The van der Waals surface area contributed by atoms with Crippen LogP contribution >= 0.6 is 0 Å². The lowest BCUT2D eigenvalue weighted by Crippen LogP contribution is -2.43. The molecule has 3 rings (SSSR count). The van der Waals surface area contributed by atoms with Crippen molar-refractivity contribution >= 4 is 11.8 Å². The van der Waals surface area contributed by atoms with Gasteiger partial charge in [-0.15, -0.1) is 0 Å². The molecule has 1 aliphatic rings. The minimum Gasteiger partial charge on any atom is -0.480 e. The smallest absolute Gasteiger partial charge is 0.263 e. The number of piperidine rings is 1. The Hall–Kier alpha value is -2.82. The Morgan fingerprint density at radius 2 is 1.67 bits per heavy atom. The van der Waals surface area contributed by atoms with Gasteiger partial charge in [-0.25, -0.2) is 0 Å². The van der Waals surface area contributed by atoms with E-state index in [9.17, 15) is 9.59 Å². The van der Waals surface area contributed by atoms with E-state index in [0.29, 0.717) is 17.9 Å². The Labute approximate surface area is 160 Å². The first-order valence-corrected chi connectivity index (χ1v) is 9.52. The van der Waals surface area contributed by atoms with Crippen molar-refractivity contribution in [2.45, 2.75) is 38.8 Å². The van der Waals surface area contributed by atoms with Gasteiger partial charge in [0.2, 0.25) is 0 Å². The molecule has 5 heteroatoms. The number of nitrogens with one attached hydrogen (secondary N) is 1. The van der Waals surface area contributed by atoms with E-state index in [-0.39, 0.29) is 11.8 Å². The number of nitrogens with zero attached hydrogens (tertiary/aromatic N) is 1. The van der Waals surface area contributed by atoms with E-state index in [1.165, 1.54) is 6.42 Å². The van der Waals surface area contributed by atoms with E-state index < -0.39 is 6.10 Å². The predicted octanol–water partition coefficient (Wildman–Crippen LogP) is 3.40. The molecule has 0 radical (unpaired) electrons. The van der Waals surface area contributed by atoms with Crippen molar-refractivity contribution in [3.8, 4) is 5.75 Å². The SMILES string of the molecule is CC(Oc1ccccc1C(=O)NCc1ccccc1)C(=O)N1CCCCC1. The lowest BCUT2D eigenvalue weighted by atomic mass is 10.1. The monoisotopic (exact) mass is 366 g/mol. The molecule has 1 saturated heterocycles. The second-order valence-corrected chi connectivity index (χ2v) is 6.81. The average molecular weight is 366 g/mol. The van der Waals surface area contributed by atoms with Gasteiger partial charge in [0.25, 0.3) is 11.8 Å². The molecule has 2 aromatic carbocycles. The lowest BCUT2D eigenvalue weighted by Gasteiger charge is -2.29. The second kappa shape index (κ2) is 9.21. The summed E-state index contributed by atoms with van der Waals surface area (Å²) in [6.45, 7) is 3.75. The number of likely N-dealkylation sites (tertiary alicyclic amines) is 1. The van der Waals surface area contributed by atoms with Crippen LogP contribution in [0.15, 0.2) is 54.6 Å². The van der Waals surface area contributed by atoms with Gasteiger partial charge in [-0.05, 0) is 43.9 Å². The van der Waals surface area contributed by atoms with E-state index in [1.807, 2.05) is 35.2 Å². The molecule has 1 N–H and O–H groups in total. The summed E-state index contributed by atoms with van der Waals surface area (Å²) in [6.07, 6.45) is 2.63. The Morgan fingerprint density at radius 1 is 1.00 bits per heavy atom. The first-order chi connectivity index (χ1) is 13.1. The number of para-hydroxylation sites is 1. The number of rotatable bonds is 6. The molecule has 142 valence electrons. The molecule has 2 aromatic rings. The minimum atomic E-state index is -0.619. The predicted molar refractivity (Wildman–Crippen MR) is 105 cm³/mol. The number of amides is 2. The van der Waals surface area contributed by atoms with Gasteiger partial charge in [0.05, 0.1) is 5.56 Å². The van der Waals surface area contributed by atoms with E-state index >= 15 is 0 Å². The van der Waals surface area contributed by atoms with Gasteiger partial charge < -0.3 is 15.0 Å². The van der Waals surface area contributed by atoms with Crippen molar-refractivity contribution in [1.29, 1.82) is 0 Å². The molecule has 0 spiro atoms. The molecule has 1 atom stereocenters. The maximum absolute atomic E-state index is 12.6. The molecular formula is C22H26N2O3. The van der Waals surface area contributed by atoms with Crippen molar-refractivity contribution in [1.82, 2.24) is 10.2 Å². The van der Waals surface area contributed by atoms with Gasteiger partial charge in [-0.2, -0.15) is 0 Å². The Balaban J connectivity index is 1.64. The van der Waals surface area contributed by atoms with Gasteiger partial charge in [0, 0.05) is 19.6 Å². The zero-order valence-corrected chi connectivity index (χ0v) is 15.7. The Kier molecular flexibility index (Phi) is 6.47. The molecule has 1 unspecified atom stereocenters. The van der Waals surface area contributed by atoms with Gasteiger partial charge in [-0.1, -0.05) is 42.5 Å². The fraction of sp³-hybridized carbons (Fsp3) is 0.364. The van der Waals surface area contributed by atoms with Crippen LogP contribution in [0.1, 0.15) is 42.1 Å². The summed E-state index contributed by atoms with van der Waals surface area (Å²) in [4.78, 5) is 27.1. The van der Waals surface area contributed by atoms with Crippen LogP contribution in [0, 0.1) is 0 Å². The van der Waals surface area contributed by atoms with Crippen LogP contribution in [0.25, 0.3) is 0 Å². The largest absolute Gasteiger partial charge is 0.480 e. The fourth-order valence-corrected chi connectivity index (χ4v) is 3.24. The Morgan fingerprint density at radius 3 is 2.41 bits per heavy atom. The molecule has 1 fully saturated rings. The normalized spacial score (nSPS) is 15.1. The van der Waals surface area contributed by atoms with Crippen LogP contribution in [0.5, 0.6) is 5.75 Å². The quantitative estimate of drug-likeness (QED) is 0.852. The summed E-state index contributed by atoms with van der Waals surface area (Å²) in [5.41, 5.74) is 1.46. The van der Waals surface area contributed by atoms with E-state index in [2.05, 4.69) is 5.32 Å². The lowest BCUT2D eigenvalue weighted by molar-refractivity contribution is -0.138. The maximum atomic E-state index is 12.6. The third-order valence-corrected chi connectivity index (χ3v) is 4.75. The number of ether oxygens (including phenoxy) is 1. The van der Waals surface area contributed by atoms with E-state index in [4.69, 9.17) is 4.74 Å². The summed E-state index contributed by atoms with van der Waals surface area (Å²) < 4.78 is 5.88. The summed E-state index contributed by atoms with van der Waals surface area (Å²) in [5, 5.41) is 2.91. The molecule has 2 amide bonds. The summed E-state index contributed by atoms with van der Waals surface area (Å²) in [6, 6.07) is 16.8. The zero-order chi connectivity index (χ0) is 19.1. The van der Waals surface area contributed by atoms with Crippen molar-refractivity contribution in [3.05, 3.63) is 65.7 Å². The maximum Gasteiger partial charge on any atom is 0.263 e. The minimum absolute atomic E-state index is 0.0193. The van der Waals surface area contributed by atoms with Crippen LogP contribution in [0.2, 0.25) is 0 Å². The van der Waals surface area contributed by atoms with E-state index in [1.54, 1.807) is 31.2 Å². The van der Waals surface area contributed by atoms with Crippen molar-refractivity contribution in [2.24, 2.45) is 0 Å².